The van der Waals surface area contributed by atoms with E-state index in [1.54, 1.807) is 45.0 Å². The van der Waals surface area contributed by atoms with Gasteiger partial charge in [-0.05, 0) is 30.5 Å². The van der Waals surface area contributed by atoms with Crippen molar-refractivity contribution >= 4 is 35.1 Å². The molecule has 0 fully saturated rings. The molecule has 1 heterocycles. The summed E-state index contributed by atoms with van der Waals surface area (Å²) in [5.74, 6) is -2.02. The van der Waals surface area contributed by atoms with Crippen LogP contribution in [0, 0.1) is 11.8 Å². The standard InChI is InChI=1S/C23H29N3O5/c1-13(2)21(23(31)24-15(5)22(30)14(3)4)25-18(27)12-16-6-8-17(9-7-16)26-19(28)10-11-20(26)29/h6-11,13-15,21H,12H2,1-5H3,(H,24,31)(H,25,27)/t15-,21-/m0/s1. The van der Waals surface area contributed by atoms with Crippen LogP contribution in [0.1, 0.15) is 40.2 Å². The Bertz CT molecular complexity index is 884. The Morgan fingerprint density at radius 3 is 1.90 bits per heavy atom. The molecule has 4 amide bonds. The Hall–Kier alpha value is -3.29. The molecule has 166 valence electrons. The molecule has 1 aliphatic heterocycles. The van der Waals surface area contributed by atoms with Crippen molar-refractivity contribution in [1.29, 1.82) is 0 Å². The van der Waals surface area contributed by atoms with Crippen molar-refractivity contribution in [3.63, 3.8) is 0 Å². The summed E-state index contributed by atoms with van der Waals surface area (Å²) in [5.41, 5.74) is 1.09. The van der Waals surface area contributed by atoms with Crippen molar-refractivity contribution in [2.45, 2.75) is 53.1 Å². The Kier molecular flexibility index (Phi) is 7.85. The molecule has 8 nitrogen and oxygen atoms in total. The minimum Gasteiger partial charge on any atom is -0.345 e. The second-order valence-electron chi connectivity index (χ2n) is 8.26. The Balaban J connectivity index is 1.98. The summed E-state index contributed by atoms with van der Waals surface area (Å²) >= 11 is 0. The van der Waals surface area contributed by atoms with Gasteiger partial charge >= 0.3 is 0 Å². The maximum atomic E-state index is 12.6. The fourth-order valence-corrected chi connectivity index (χ4v) is 3.24. The summed E-state index contributed by atoms with van der Waals surface area (Å²) in [5, 5.41) is 5.41. The van der Waals surface area contributed by atoms with Crippen LogP contribution >= 0.6 is 0 Å². The fourth-order valence-electron chi connectivity index (χ4n) is 3.24. The number of hydrogen-bond donors (Lipinski definition) is 2. The number of ketones is 1. The first-order chi connectivity index (χ1) is 14.5. The molecule has 0 unspecified atom stereocenters. The van der Waals surface area contributed by atoms with E-state index in [9.17, 15) is 24.0 Å². The first-order valence-corrected chi connectivity index (χ1v) is 10.3. The zero-order valence-corrected chi connectivity index (χ0v) is 18.5. The van der Waals surface area contributed by atoms with E-state index in [1.165, 1.54) is 12.2 Å². The Morgan fingerprint density at radius 2 is 1.42 bits per heavy atom. The number of nitrogens with one attached hydrogen (secondary N) is 2. The highest BCUT2D eigenvalue weighted by Crippen LogP contribution is 2.19. The van der Waals surface area contributed by atoms with Crippen LogP contribution in [0.4, 0.5) is 5.69 Å². The van der Waals surface area contributed by atoms with Gasteiger partial charge in [0.2, 0.25) is 11.8 Å². The van der Waals surface area contributed by atoms with Crippen LogP contribution in [0.5, 0.6) is 0 Å². The Labute approximate surface area is 182 Å². The van der Waals surface area contributed by atoms with Crippen LogP contribution in [0.2, 0.25) is 0 Å². The molecule has 2 atom stereocenters. The number of carbonyl (C=O) groups is 5. The van der Waals surface area contributed by atoms with Crippen molar-refractivity contribution in [1.82, 2.24) is 10.6 Å². The quantitative estimate of drug-likeness (QED) is 0.581. The molecule has 2 rings (SSSR count). The van der Waals surface area contributed by atoms with Crippen LogP contribution < -0.4 is 15.5 Å². The van der Waals surface area contributed by atoms with Gasteiger partial charge in [0.1, 0.15) is 6.04 Å². The number of nitrogens with zero attached hydrogens (tertiary/aromatic N) is 1. The van der Waals surface area contributed by atoms with E-state index in [0.29, 0.717) is 11.3 Å². The number of benzene rings is 1. The molecule has 31 heavy (non-hydrogen) atoms. The lowest BCUT2D eigenvalue weighted by molar-refractivity contribution is -0.132. The molecule has 0 saturated heterocycles. The third-order valence-electron chi connectivity index (χ3n) is 4.99. The van der Waals surface area contributed by atoms with Gasteiger partial charge in [0, 0.05) is 18.1 Å². The van der Waals surface area contributed by atoms with E-state index in [0.717, 1.165) is 4.90 Å². The lowest BCUT2D eigenvalue weighted by Gasteiger charge is -2.24. The van der Waals surface area contributed by atoms with Crippen molar-refractivity contribution in [2.75, 3.05) is 4.90 Å². The van der Waals surface area contributed by atoms with Gasteiger partial charge in [0.05, 0.1) is 18.2 Å². The molecule has 8 heteroatoms. The highest BCUT2D eigenvalue weighted by molar-refractivity contribution is 6.28. The second kappa shape index (κ2) is 10.1. The molecular formula is C23H29N3O5. The van der Waals surface area contributed by atoms with Gasteiger partial charge in [0.25, 0.3) is 11.8 Å². The van der Waals surface area contributed by atoms with Crippen molar-refractivity contribution in [3.8, 4) is 0 Å². The normalized spacial score (nSPS) is 15.4. The molecule has 0 aliphatic carbocycles. The van der Waals surface area contributed by atoms with E-state index in [2.05, 4.69) is 10.6 Å². The SMILES string of the molecule is CC(C)C(=O)[C@H](C)NC(=O)[C@@H](NC(=O)Cc1ccc(N2C(=O)C=CC2=O)cc1)C(C)C. The van der Waals surface area contributed by atoms with E-state index >= 15 is 0 Å². The third kappa shape index (κ3) is 6.10. The minimum absolute atomic E-state index is 0.0252. The largest absolute Gasteiger partial charge is 0.345 e. The van der Waals surface area contributed by atoms with Gasteiger partial charge in [0.15, 0.2) is 5.78 Å². The predicted molar refractivity (Wildman–Crippen MR) is 116 cm³/mol. The second-order valence-corrected chi connectivity index (χ2v) is 8.26. The van der Waals surface area contributed by atoms with E-state index in [4.69, 9.17) is 0 Å². The highest BCUT2D eigenvalue weighted by atomic mass is 16.2. The summed E-state index contributed by atoms with van der Waals surface area (Å²) in [7, 11) is 0. The summed E-state index contributed by atoms with van der Waals surface area (Å²) in [4.78, 5) is 61.7. The van der Waals surface area contributed by atoms with Gasteiger partial charge in [-0.3, -0.25) is 24.0 Å². The lowest BCUT2D eigenvalue weighted by atomic mass is 10.00. The third-order valence-corrected chi connectivity index (χ3v) is 4.99. The molecule has 0 bridgehead atoms. The van der Waals surface area contributed by atoms with Crippen LogP contribution in [0.3, 0.4) is 0 Å². The molecule has 0 aromatic heterocycles. The van der Waals surface area contributed by atoms with Crippen LogP contribution in [-0.2, 0) is 30.4 Å². The van der Waals surface area contributed by atoms with Gasteiger partial charge < -0.3 is 10.6 Å². The van der Waals surface area contributed by atoms with Crippen molar-refractivity contribution in [3.05, 3.63) is 42.0 Å². The topological polar surface area (TPSA) is 113 Å². The Morgan fingerprint density at radius 1 is 0.871 bits per heavy atom. The summed E-state index contributed by atoms with van der Waals surface area (Å²) in [6.45, 7) is 8.79. The molecule has 1 aromatic rings. The molecule has 1 aromatic carbocycles. The van der Waals surface area contributed by atoms with Crippen molar-refractivity contribution < 1.29 is 24.0 Å². The van der Waals surface area contributed by atoms with E-state index < -0.39 is 29.8 Å². The zero-order chi connectivity index (χ0) is 23.3. The maximum Gasteiger partial charge on any atom is 0.258 e. The molecule has 1 aliphatic rings. The van der Waals surface area contributed by atoms with Gasteiger partial charge in [-0.15, -0.1) is 0 Å². The van der Waals surface area contributed by atoms with Gasteiger partial charge in [-0.2, -0.15) is 0 Å². The number of hydrogen-bond acceptors (Lipinski definition) is 5. The van der Waals surface area contributed by atoms with E-state index in [1.807, 2.05) is 13.8 Å². The first kappa shape index (κ1) is 24.0. The molecular weight excluding hydrogens is 398 g/mol. The average Bonchev–Trinajstić information content (AvgIpc) is 3.03. The monoisotopic (exact) mass is 427 g/mol. The molecule has 0 spiro atoms. The number of imide groups is 1. The molecule has 0 radical (unpaired) electrons. The number of anilines is 1. The lowest BCUT2D eigenvalue weighted by Crippen LogP contribution is -2.53. The number of Topliss-reactive ketones (excluding diaryl/α,β-unsaturated/α-hetero) is 1. The van der Waals surface area contributed by atoms with Crippen LogP contribution in [0.15, 0.2) is 36.4 Å². The fraction of sp³-hybridized carbons (Fsp3) is 0.435. The maximum absolute atomic E-state index is 12.6. The summed E-state index contributed by atoms with van der Waals surface area (Å²) < 4.78 is 0. The van der Waals surface area contributed by atoms with Crippen LogP contribution in [-0.4, -0.2) is 41.5 Å². The van der Waals surface area contributed by atoms with Crippen molar-refractivity contribution in [2.24, 2.45) is 11.8 Å². The molecule has 0 saturated carbocycles. The first-order valence-electron chi connectivity index (χ1n) is 10.3. The summed E-state index contributed by atoms with van der Waals surface area (Å²) in [6.07, 6.45) is 2.43. The van der Waals surface area contributed by atoms with Gasteiger partial charge in [-0.1, -0.05) is 39.8 Å². The zero-order valence-electron chi connectivity index (χ0n) is 18.5. The van der Waals surface area contributed by atoms with Gasteiger partial charge in [-0.25, -0.2) is 4.90 Å². The number of carbonyl (C=O) groups excluding carboxylic acids is 5. The summed E-state index contributed by atoms with van der Waals surface area (Å²) in [6, 6.07) is 5.08. The number of rotatable bonds is 9. The predicted octanol–water partition coefficient (Wildman–Crippen LogP) is 1.53. The smallest absolute Gasteiger partial charge is 0.258 e. The van der Waals surface area contributed by atoms with E-state index in [-0.39, 0.29) is 29.9 Å². The minimum atomic E-state index is -0.778. The van der Waals surface area contributed by atoms with Crippen LogP contribution in [0.25, 0.3) is 0 Å². The molecule has 2 N–H and O–H groups in total. The average molecular weight is 428 g/mol. The number of amides is 4. The highest BCUT2D eigenvalue weighted by Gasteiger charge is 2.28.